The lowest BCUT2D eigenvalue weighted by molar-refractivity contribution is -0.137. The van der Waals surface area contributed by atoms with E-state index in [1.54, 1.807) is 36.4 Å². The molecule has 2 rings (SSSR count). The van der Waals surface area contributed by atoms with E-state index in [0.29, 0.717) is 11.1 Å². The van der Waals surface area contributed by atoms with Crippen molar-refractivity contribution < 1.29 is 19.1 Å². The summed E-state index contributed by atoms with van der Waals surface area (Å²) < 4.78 is 9.84. The second-order valence-corrected chi connectivity index (χ2v) is 4.61. The molecule has 0 fully saturated rings. The molecule has 0 aliphatic rings. The highest BCUT2D eigenvalue weighted by Gasteiger charge is 2.11. The predicted molar refractivity (Wildman–Crippen MR) is 83.1 cm³/mol. The van der Waals surface area contributed by atoms with Crippen LogP contribution in [-0.4, -0.2) is 19.0 Å². The quantitative estimate of drug-likeness (QED) is 0.628. The number of rotatable bonds is 5. The fraction of sp³-hybridized carbons (Fsp3) is 0.111. The zero-order chi connectivity index (χ0) is 15.9. The van der Waals surface area contributed by atoms with Crippen LogP contribution in [0.2, 0.25) is 0 Å². The molecule has 0 aliphatic heterocycles. The van der Waals surface area contributed by atoms with Crippen LogP contribution < -0.4 is 0 Å². The number of methoxy groups -OCH3 is 1. The first-order valence-corrected chi connectivity index (χ1v) is 6.70. The van der Waals surface area contributed by atoms with Gasteiger partial charge >= 0.3 is 11.9 Å². The smallest absolute Gasteiger partial charge is 0.338 e. The molecule has 0 saturated heterocycles. The average Bonchev–Trinajstić information content (AvgIpc) is 2.59. The van der Waals surface area contributed by atoms with Crippen LogP contribution in [0.25, 0.3) is 5.57 Å². The van der Waals surface area contributed by atoms with Crippen molar-refractivity contribution in [1.29, 1.82) is 0 Å². The van der Waals surface area contributed by atoms with Crippen molar-refractivity contribution in [3.8, 4) is 0 Å². The van der Waals surface area contributed by atoms with Gasteiger partial charge in [0.1, 0.15) is 6.61 Å². The van der Waals surface area contributed by atoms with Gasteiger partial charge in [0.15, 0.2) is 0 Å². The Labute approximate surface area is 129 Å². The van der Waals surface area contributed by atoms with Crippen molar-refractivity contribution >= 4 is 17.5 Å². The van der Waals surface area contributed by atoms with E-state index in [9.17, 15) is 9.59 Å². The van der Waals surface area contributed by atoms with Crippen LogP contribution in [0.15, 0.2) is 61.2 Å². The van der Waals surface area contributed by atoms with Gasteiger partial charge in [-0.2, -0.15) is 0 Å². The third-order valence-electron chi connectivity index (χ3n) is 3.11. The maximum Gasteiger partial charge on any atom is 0.338 e. The van der Waals surface area contributed by atoms with Gasteiger partial charge in [0.05, 0.1) is 18.2 Å². The summed E-state index contributed by atoms with van der Waals surface area (Å²) >= 11 is 0. The minimum absolute atomic E-state index is 0.117. The van der Waals surface area contributed by atoms with Gasteiger partial charge in [-0.05, 0) is 23.3 Å². The molecule has 22 heavy (non-hydrogen) atoms. The lowest BCUT2D eigenvalue weighted by Gasteiger charge is -2.08. The molecule has 2 aromatic carbocycles. The summed E-state index contributed by atoms with van der Waals surface area (Å²) in [6.07, 6.45) is 0. The molecule has 0 unspecified atom stereocenters. The Morgan fingerprint density at radius 2 is 1.59 bits per heavy atom. The standard InChI is InChI=1S/C18H16O4/c1-13(15-6-4-3-5-7-15)17(19)22-12-14-8-10-16(11-9-14)18(20)21-2/h3-11H,1,12H2,2H3. The molecule has 0 heterocycles. The molecule has 0 N–H and O–H groups in total. The molecule has 4 nitrogen and oxygen atoms in total. The van der Waals surface area contributed by atoms with E-state index in [2.05, 4.69) is 11.3 Å². The monoisotopic (exact) mass is 296 g/mol. The molecule has 0 amide bonds. The van der Waals surface area contributed by atoms with Crippen LogP contribution in [0, 0.1) is 0 Å². The zero-order valence-corrected chi connectivity index (χ0v) is 12.2. The van der Waals surface area contributed by atoms with Crippen molar-refractivity contribution in [1.82, 2.24) is 0 Å². The fourth-order valence-corrected chi connectivity index (χ4v) is 1.85. The number of hydrogen-bond acceptors (Lipinski definition) is 4. The van der Waals surface area contributed by atoms with Crippen LogP contribution in [0.1, 0.15) is 21.5 Å². The summed E-state index contributed by atoms with van der Waals surface area (Å²) in [5.74, 6) is -0.871. The second kappa shape index (κ2) is 7.22. The molecular weight excluding hydrogens is 280 g/mol. The van der Waals surface area contributed by atoms with Crippen molar-refractivity contribution in [3.05, 3.63) is 77.9 Å². The highest BCUT2D eigenvalue weighted by atomic mass is 16.5. The van der Waals surface area contributed by atoms with Crippen molar-refractivity contribution in [3.63, 3.8) is 0 Å². The van der Waals surface area contributed by atoms with E-state index >= 15 is 0 Å². The molecule has 0 bridgehead atoms. The van der Waals surface area contributed by atoms with Crippen LogP contribution in [0.3, 0.4) is 0 Å². The number of benzene rings is 2. The largest absolute Gasteiger partial charge is 0.465 e. The average molecular weight is 296 g/mol. The van der Waals surface area contributed by atoms with Crippen molar-refractivity contribution in [2.24, 2.45) is 0 Å². The maximum atomic E-state index is 11.9. The number of carbonyl (C=O) groups is 2. The van der Waals surface area contributed by atoms with E-state index in [4.69, 9.17) is 4.74 Å². The van der Waals surface area contributed by atoms with Gasteiger partial charge in [-0.15, -0.1) is 0 Å². The Morgan fingerprint density at radius 1 is 0.955 bits per heavy atom. The van der Waals surface area contributed by atoms with Gasteiger partial charge in [-0.3, -0.25) is 0 Å². The molecule has 0 radical (unpaired) electrons. The van der Waals surface area contributed by atoms with Gasteiger partial charge in [0.2, 0.25) is 0 Å². The Hall–Kier alpha value is -2.88. The first-order chi connectivity index (χ1) is 10.6. The second-order valence-electron chi connectivity index (χ2n) is 4.61. The number of hydrogen-bond donors (Lipinski definition) is 0. The number of carbonyl (C=O) groups excluding carboxylic acids is 2. The highest BCUT2D eigenvalue weighted by Crippen LogP contribution is 2.14. The number of ether oxygens (including phenoxy) is 2. The molecule has 0 spiro atoms. The van der Waals surface area contributed by atoms with E-state index in [0.717, 1.165) is 11.1 Å². The molecule has 112 valence electrons. The third kappa shape index (κ3) is 3.82. The van der Waals surface area contributed by atoms with Crippen LogP contribution in [0.4, 0.5) is 0 Å². The Balaban J connectivity index is 1.94. The maximum absolute atomic E-state index is 11.9. The molecular formula is C18H16O4. The molecule has 4 heteroatoms. The van der Waals surface area contributed by atoms with Crippen LogP contribution in [-0.2, 0) is 20.9 Å². The Kier molecular flexibility index (Phi) is 5.09. The summed E-state index contributed by atoms with van der Waals surface area (Å²) in [4.78, 5) is 23.3. The van der Waals surface area contributed by atoms with Crippen LogP contribution >= 0.6 is 0 Å². The lowest BCUT2D eigenvalue weighted by Crippen LogP contribution is -2.07. The first-order valence-electron chi connectivity index (χ1n) is 6.70. The van der Waals surface area contributed by atoms with Gasteiger partial charge < -0.3 is 9.47 Å². The van der Waals surface area contributed by atoms with E-state index in [1.807, 2.05) is 18.2 Å². The van der Waals surface area contributed by atoms with Crippen molar-refractivity contribution in [2.75, 3.05) is 7.11 Å². The predicted octanol–water partition coefficient (Wildman–Crippen LogP) is 3.23. The number of esters is 2. The fourth-order valence-electron chi connectivity index (χ4n) is 1.85. The van der Waals surface area contributed by atoms with Gasteiger partial charge in [-0.25, -0.2) is 9.59 Å². The summed E-state index contributed by atoms with van der Waals surface area (Å²) in [5, 5.41) is 0. The van der Waals surface area contributed by atoms with Gasteiger partial charge in [-0.1, -0.05) is 49.0 Å². The zero-order valence-electron chi connectivity index (χ0n) is 12.2. The van der Waals surface area contributed by atoms with Gasteiger partial charge in [0.25, 0.3) is 0 Å². The summed E-state index contributed by atoms with van der Waals surface area (Å²) in [5.41, 5.74) is 2.27. The SMILES string of the molecule is C=C(C(=O)OCc1ccc(C(=O)OC)cc1)c1ccccc1. The van der Waals surface area contributed by atoms with E-state index in [-0.39, 0.29) is 6.61 Å². The molecule has 0 aromatic heterocycles. The van der Waals surface area contributed by atoms with Gasteiger partial charge in [0, 0.05) is 0 Å². The van der Waals surface area contributed by atoms with Crippen LogP contribution in [0.5, 0.6) is 0 Å². The summed E-state index contributed by atoms with van der Waals surface area (Å²) in [6.45, 7) is 3.87. The minimum Gasteiger partial charge on any atom is -0.465 e. The van der Waals surface area contributed by atoms with E-state index in [1.165, 1.54) is 7.11 Å². The Bertz CT molecular complexity index is 672. The van der Waals surface area contributed by atoms with Crippen molar-refractivity contribution in [2.45, 2.75) is 6.61 Å². The topological polar surface area (TPSA) is 52.6 Å². The third-order valence-corrected chi connectivity index (χ3v) is 3.11. The normalized spacial score (nSPS) is 9.86. The molecule has 0 saturated carbocycles. The summed E-state index contributed by atoms with van der Waals surface area (Å²) in [7, 11) is 1.33. The molecule has 0 aliphatic carbocycles. The minimum atomic E-state index is -0.469. The molecule has 0 atom stereocenters. The van der Waals surface area contributed by atoms with E-state index < -0.39 is 11.9 Å². The highest BCUT2D eigenvalue weighted by molar-refractivity contribution is 6.15. The Morgan fingerprint density at radius 3 is 2.18 bits per heavy atom. The summed E-state index contributed by atoms with van der Waals surface area (Å²) in [6, 6.07) is 15.8. The molecule has 2 aromatic rings. The lowest BCUT2D eigenvalue weighted by atomic mass is 10.1. The first kappa shape index (κ1) is 15.5.